The molecule has 1 rings (SSSR count). The van der Waals surface area contributed by atoms with Crippen molar-refractivity contribution in [3.63, 3.8) is 0 Å². The fraction of sp³-hybridized carbons (Fsp3) is 0.833. The molecule has 70 valence electrons. The summed E-state index contributed by atoms with van der Waals surface area (Å²) in [5.74, 6) is -0.470. The molecule has 12 heavy (non-hydrogen) atoms. The van der Waals surface area contributed by atoms with E-state index in [1.807, 2.05) is 0 Å². The minimum atomic E-state index is -3.74. The molecule has 0 aliphatic carbocycles. The van der Waals surface area contributed by atoms with Crippen LogP contribution in [0.25, 0.3) is 0 Å². The van der Waals surface area contributed by atoms with Crippen molar-refractivity contribution in [1.29, 1.82) is 0 Å². The minimum Gasteiger partial charge on any atom is -0.355 e. The third kappa shape index (κ3) is 2.35. The van der Waals surface area contributed by atoms with E-state index in [-0.39, 0.29) is 0 Å². The Morgan fingerprint density at radius 2 is 2.08 bits per heavy atom. The summed E-state index contributed by atoms with van der Waals surface area (Å²) in [5.41, 5.74) is 0. The molecule has 0 bridgehead atoms. The van der Waals surface area contributed by atoms with E-state index in [1.165, 1.54) is 0 Å². The fourth-order valence-corrected chi connectivity index (χ4v) is 2.48. The van der Waals surface area contributed by atoms with E-state index in [2.05, 4.69) is 5.32 Å². The number of amides is 1. The van der Waals surface area contributed by atoms with Gasteiger partial charge in [-0.2, -0.15) is 0 Å². The van der Waals surface area contributed by atoms with Crippen LogP contribution < -0.4 is 5.32 Å². The van der Waals surface area contributed by atoms with Gasteiger partial charge in [0.15, 0.2) is 5.25 Å². The zero-order valence-electron chi connectivity index (χ0n) is 6.42. The van der Waals surface area contributed by atoms with Gasteiger partial charge in [-0.1, -0.05) is 0 Å². The first kappa shape index (κ1) is 9.80. The Bertz CT molecular complexity index is 275. The van der Waals surface area contributed by atoms with E-state index in [0.29, 0.717) is 13.0 Å². The predicted octanol–water partition coefficient (Wildman–Crippen LogP) is 0.224. The van der Waals surface area contributed by atoms with Crippen molar-refractivity contribution >= 4 is 25.6 Å². The molecule has 0 aromatic rings. The summed E-state index contributed by atoms with van der Waals surface area (Å²) in [4.78, 5) is 11.1. The van der Waals surface area contributed by atoms with Gasteiger partial charge in [0.05, 0.1) is 0 Å². The molecule has 1 heterocycles. The number of carbonyl (C=O) groups excluding carboxylic acids is 1. The first-order valence-electron chi connectivity index (χ1n) is 3.73. The Balaban J connectivity index is 2.80. The first-order valence-corrected chi connectivity index (χ1v) is 6.10. The molecule has 4 nitrogen and oxygen atoms in total. The topological polar surface area (TPSA) is 63.2 Å². The molecule has 1 atom stereocenters. The molecule has 0 spiro atoms. The van der Waals surface area contributed by atoms with Crippen LogP contribution in [0.5, 0.6) is 0 Å². The molecule has 1 aliphatic rings. The molecule has 0 saturated carbocycles. The molecular formula is C6H10ClNO3S. The maximum atomic E-state index is 11.1. The lowest BCUT2D eigenvalue weighted by atomic mass is 10.2. The molecule has 6 heteroatoms. The quantitative estimate of drug-likeness (QED) is 0.632. The third-order valence-electron chi connectivity index (χ3n) is 1.82. The van der Waals surface area contributed by atoms with Crippen molar-refractivity contribution in [2.75, 3.05) is 6.54 Å². The van der Waals surface area contributed by atoms with Crippen molar-refractivity contribution in [1.82, 2.24) is 5.32 Å². The van der Waals surface area contributed by atoms with E-state index < -0.39 is 20.2 Å². The maximum absolute atomic E-state index is 11.1. The van der Waals surface area contributed by atoms with Gasteiger partial charge in [0, 0.05) is 17.2 Å². The van der Waals surface area contributed by atoms with Crippen LogP contribution in [-0.4, -0.2) is 26.1 Å². The van der Waals surface area contributed by atoms with Crippen LogP contribution in [0.3, 0.4) is 0 Å². The summed E-state index contributed by atoms with van der Waals surface area (Å²) >= 11 is 0. The second kappa shape index (κ2) is 3.62. The number of hydrogen-bond donors (Lipinski definition) is 1. The molecule has 1 amide bonds. The lowest BCUT2D eigenvalue weighted by molar-refractivity contribution is -0.120. The molecular weight excluding hydrogens is 202 g/mol. The summed E-state index contributed by atoms with van der Waals surface area (Å²) in [6.07, 6.45) is 1.86. The lowest BCUT2D eigenvalue weighted by Crippen LogP contribution is -2.36. The average molecular weight is 212 g/mol. The zero-order chi connectivity index (χ0) is 9.19. The van der Waals surface area contributed by atoms with Gasteiger partial charge < -0.3 is 5.32 Å². The molecule has 0 aromatic carbocycles. The van der Waals surface area contributed by atoms with Gasteiger partial charge in [-0.3, -0.25) is 4.79 Å². The number of halogens is 1. The molecule has 1 saturated heterocycles. The molecule has 1 aliphatic heterocycles. The maximum Gasteiger partial charge on any atom is 0.244 e. The number of carbonyl (C=O) groups is 1. The van der Waals surface area contributed by atoms with Crippen LogP contribution in [0.2, 0.25) is 0 Å². The standard InChI is InChI=1S/C6H10ClNO3S/c7-12(10,11)5-3-1-2-4-8-6(5)9/h5H,1-4H2,(H,8,9). The number of rotatable bonds is 1. The first-order chi connectivity index (χ1) is 5.52. The van der Waals surface area contributed by atoms with Crippen LogP contribution in [0.4, 0.5) is 0 Å². The van der Waals surface area contributed by atoms with Crippen molar-refractivity contribution in [3.8, 4) is 0 Å². The lowest BCUT2D eigenvalue weighted by Gasteiger charge is -2.07. The smallest absolute Gasteiger partial charge is 0.244 e. The van der Waals surface area contributed by atoms with E-state index in [9.17, 15) is 13.2 Å². The summed E-state index contributed by atoms with van der Waals surface area (Å²) < 4.78 is 21.7. The van der Waals surface area contributed by atoms with Crippen molar-refractivity contribution in [2.24, 2.45) is 0 Å². The highest BCUT2D eigenvalue weighted by molar-refractivity contribution is 8.14. The van der Waals surface area contributed by atoms with E-state index >= 15 is 0 Å². The largest absolute Gasteiger partial charge is 0.355 e. The van der Waals surface area contributed by atoms with Gasteiger partial charge in [-0.05, 0) is 19.3 Å². The minimum absolute atomic E-state index is 0.331. The highest BCUT2D eigenvalue weighted by Crippen LogP contribution is 2.16. The summed E-state index contributed by atoms with van der Waals surface area (Å²) in [6, 6.07) is 0. The van der Waals surface area contributed by atoms with E-state index in [4.69, 9.17) is 10.7 Å². The summed E-state index contributed by atoms with van der Waals surface area (Å²) in [5, 5.41) is 1.44. The Morgan fingerprint density at radius 1 is 1.42 bits per heavy atom. The van der Waals surface area contributed by atoms with Crippen molar-refractivity contribution in [2.45, 2.75) is 24.5 Å². The summed E-state index contributed by atoms with van der Waals surface area (Å²) in [6.45, 7) is 0.543. The van der Waals surface area contributed by atoms with Crippen LogP contribution >= 0.6 is 10.7 Å². The Morgan fingerprint density at radius 3 is 2.67 bits per heavy atom. The Labute approximate surface area is 75.7 Å². The molecule has 0 radical (unpaired) electrons. The van der Waals surface area contributed by atoms with Crippen LogP contribution in [0.15, 0.2) is 0 Å². The Kier molecular flexibility index (Phi) is 2.95. The van der Waals surface area contributed by atoms with Gasteiger partial charge >= 0.3 is 0 Å². The van der Waals surface area contributed by atoms with Crippen molar-refractivity contribution < 1.29 is 13.2 Å². The second-order valence-corrected chi connectivity index (χ2v) is 5.56. The van der Waals surface area contributed by atoms with Crippen molar-refractivity contribution in [3.05, 3.63) is 0 Å². The van der Waals surface area contributed by atoms with Gasteiger partial charge in [-0.25, -0.2) is 8.42 Å². The summed E-state index contributed by atoms with van der Waals surface area (Å²) in [7, 11) is 1.35. The van der Waals surface area contributed by atoms with Gasteiger partial charge in [0.25, 0.3) is 0 Å². The second-order valence-electron chi connectivity index (χ2n) is 2.75. The Hall–Kier alpha value is -0.290. The SMILES string of the molecule is O=C1NCCCCC1S(=O)(=O)Cl. The van der Waals surface area contributed by atoms with E-state index in [1.54, 1.807) is 0 Å². The molecule has 1 fully saturated rings. The normalized spacial score (nSPS) is 26.1. The number of nitrogens with one attached hydrogen (secondary N) is 1. The monoisotopic (exact) mass is 211 g/mol. The van der Waals surface area contributed by atoms with Gasteiger partial charge in [0.2, 0.25) is 15.0 Å². The zero-order valence-corrected chi connectivity index (χ0v) is 7.99. The number of hydrogen-bond acceptors (Lipinski definition) is 3. The predicted molar refractivity (Wildman–Crippen MR) is 45.4 cm³/mol. The average Bonchev–Trinajstić information content (AvgIpc) is 2.11. The van der Waals surface area contributed by atoms with Gasteiger partial charge in [0.1, 0.15) is 0 Å². The van der Waals surface area contributed by atoms with Gasteiger partial charge in [-0.15, -0.1) is 0 Å². The highest BCUT2D eigenvalue weighted by Gasteiger charge is 2.31. The molecule has 1 N–H and O–H groups in total. The van der Waals surface area contributed by atoms with Crippen LogP contribution in [-0.2, 0) is 13.8 Å². The van der Waals surface area contributed by atoms with E-state index in [0.717, 1.165) is 12.8 Å². The highest BCUT2D eigenvalue weighted by atomic mass is 35.7. The molecule has 0 aromatic heterocycles. The van der Waals surface area contributed by atoms with Crippen LogP contribution in [0.1, 0.15) is 19.3 Å². The van der Waals surface area contributed by atoms with Crippen LogP contribution in [0, 0.1) is 0 Å². The fourth-order valence-electron chi connectivity index (χ4n) is 1.18. The third-order valence-corrected chi connectivity index (χ3v) is 3.60. The molecule has 1 unspecified atom stereocenters.